The Morgan fingerprint density at radius 3 is 2.59 bits per heavy atom. The summed E-state index contributed by atoms with van der Waals surface area (Å²) in [6, 6.07) is 17.4. The number of hydrogen-bond donors (Lipinski definition) is 2. The summed E-state index contributed by atoms with van der Waals surface area (Å²) in [6.45, 7) is 0. The Labute approximate surface area is 206 Å². The van der Waals surface area contributed by atoms with Crippen LogP contribution in [0.2, 0.25) is 5.02 Å². The molecule has 0 bridgehead atoms. The fourth-order valence-corrected chi connectivity index (χ4v) is 6.74. The average Bonchev–Trinajstić information content (AvgIpc) is 3.31. The van der Waals surface area contributed by atoms with Gasteiger partial charge in [-0.15, -0.1) is 11.3 Å². The van der Waals surface area contributed by atoms with Gasteiger partial charge >= 0.3 is 11.9 Å². The smallest absolute Gasteiger partial charge is 0.325 e. The maximum atomic E-state index is 13.1. The predicted molar refractivity (Wildman–Crippen MR) is 130 cm³/mol. The van der Waals surface area contributed by atoms with Gasteiger partial charge in [0.05, 0.1) is 7.11 Å². The molecule has 3 aromatic rings. The molecule has 1 saturated carbocycles. The monoisotopic (exact) mass is 519 g/mol. The van der Waals surface area contributed by atoms with Crippen LogP contribution in [0.25, 0.3) is 10.4 Å². The normalized spacial score (nSPS) is 19.5. The van der Waals surface area contributed by atoms with Gasteiger partial charge in [0.15, 0.2) is 0 Å². The molecule has 2 atom stereocenters. The third kappa shape index (κ3) is 5.02. The van der Waals surface area contributed by atoms with Gasteiger partial charge < -0.3 is 9.84 Å². The van der Waals surface area contributed by atoms with Gasteiger partial charge in [0.2, 0.25) is 0 Å². The van der Waals surface area contributed by atoms with E-state index in [-0.39, 0.29) is 23.0 Å². The quantitative estimate of drug-likeness (QED) is 0.404. The van der Waals surface area contributed by atoms with Gasteiger partial charge in [-0.1, -0.05) is 48.0 Å². The number of halogens is 1. The molecule has 178 valence electrons. The van der Waals surface area contributed by atoms with Crippen molar-refractivity contribution in [3.8, 4) is 10.4 Å². The summed E-state index contributed by atoms with van der Waals surface area (Å²) in [5, 5.41) is 10.5. The number of methoxy groups -OCH3 is 1. The number of carbonyl (C=O) groups is 2. The van der Waals surface area contributed by atoms with Crippen LogP contribution in [0.3, 0.4) is 0 Å². The van der Waals surface area contributed by atoms with Crippen molar-refractivity contribution in [3.05, 3.63) is 76.8 Å². The molecule has 1 heterocycles. The molecule has 2 unspecified atom stereocenters. The fraction of sp³-hybridized carbons (Fsp3) is 0.250. The Hall–Kier alpha value is -2.72. The average molecular weight is 520 g/mol. The molecule has 1 aromatic heterocycles. The second-order valence-electron chi connectivity index (χ2n) is 8.09. The van der Waals surface area contributed by atoms with Crippen molar-refractivity contribution in [3.63, 3.8) is 0 Å². The lowest BCUT2D eigenvalue weighted by Crippen LogP contribution is -2.44. The third-order valence-electron chi connectivity index (χ3n) is 5.83. The minimum Gasteiger partial charge on any atom is -0.480 e. The topological polar surface area (TPSA) is 110 Å². The summed E-state index contributed by atoms with van der Waals surface area (Å²) in [6.07, 6.45) is 0.786. The van der Waals surface area contributed by atoms with Crippen molar-refractivity contribution in [1.82, 2.24) is 4.72 Å². The molecule has 4 rings (SSSR count). The molecule has 0 radical (unpaired) electrons. The SMILES string of the molecule is COC(=O)CCc1cccc(C2CC2(NS(=O)(=O)c2ccc(-c3ccc(Cl)cc3)s2)C(=O)O)c1. The van der Waals surface area contributed by atoms with Gasteiger partial charge in [-0.05, 0) is 53.8 Å². The number of hydrogen-bond acceptors (Lipinski definition) is 6. The second-order valence-corrected chi connectivity index (χ2v) is 11.5. The molecule has 1 aliphatic rings. The predicted octanol–water partition coefficient (Wildman–Crippen LogP) is 4.46. The molecule has 0 amide bonds. The van der Waals surface area contributed by atoms with Crippen LogP contribution in [0.15, 0.2) is 64.9 Å². The van der Waals surface area contributed by atoms with Gasteiger partial charge in [0.25, 0.3) is 10.0 Å². The summed E-state index contributed by atoms with van der Waals surface area (Å²) >= 11 is 6.98. The van der Waals surface area contributed by atoms with Crippen LogP contribution in [0.5, 0.6) is 0 Å². The number of aryl methyl sites for hydroxylation is 1. The van der Waals surface area contributed by atoms with Crippen LogP contribution in [-0.4, -0.2) is 38.1 Å². The number of benzene rings is 2. The van der Waals surface area contributed by atoms with Crippen molar-refractivity contribution in [2.24, 2.45) is 0 Å². The van der Waals surface area contributed by atoms with E-state index in [2.05, 4.69) is 9.46 Å². The number of carboxylic acid groups (broad SMARTS) is 1. The van der Waals surface area contributed by atoms with Crippen molar-refractivity contribution >= 4 is 44.9 Å². The van der Waals surface area contributed by atoms with Gasteiger partial charge in [0, 0.05) is 22.2 Å². The van der Waals surface area contributed by atoms with Crippen LogP contribution in [0, 0.1) is 0 Å². The maximum absolute atomic E-state index is 13.1. The van der Waals surface area contributed by atoms with E-state index < -0.39 is 27.4 Å². The number of carbonyl (C=O) groups excluding carboxylic acids is 1. The van der Waals surface area contributed by atoms with Crippen molar-refractivity contribution in [1.29, 1.82) is 0 Å². The zero-order chi connectivity index (χ0) is 24.5. The van der Waals surface area contributed by atoms with Crippen LogP contribution in [0.1, 0.15) is 29.9 Å². The summed E-state index contributed by atoms with van der Waals surface area (Å²) in [7, 11) is -2.75. The maximum Gasteiger partial charge on any atom is 0.325 e. The number of aliphatic carboxylic acids is 1. The van der Waals surface area contributed by atoms with E-state index in [9.17, 15) is 23.1 Å². The van der Waals surface area contributed by atoms with Crippen molar-refractivity contribution in [2.45, 2.75) is 34.9 Å². The number of thiophene rings is 1. The number of nitrogens with one attached hydrogen (secondary N) is 1. The van der Waals surface area contributed by atoms with Crippen LogP contribution in [-0.2, 0) is 30.8 Å². The molecule has 34 heavy (non-hydrogen) atoms. The second kappa shape index (κ2) is 9.50. The molecule has 0 aliphatic heterocycles. The van der Waals surface area contributed by atoms with E-state index in [0.29, 0.717) is 17.0 Å². The van der Waals surface area contributed by atoms with Gasteiger partial charge in [-0.2, -0.15) is 4.72 Å². The minimum absolute atomic E-state index is 0.0375. The van der Waals surface area contributed by atoms with E-state index in [1.807, 2.05) is 12.1 Å². The van der Waals surface area contributed by atoms with E-state index in [4.69, 9.17) is 11.6 Å². The van der Waals surface area contributed by atoms with Crippen molar-refractivity contribution in [2.75, 3.05) is 7.11 Å². The van der Waals surface area contributed by atoms with E-state index in [1.54, 1.807) is 42.5 Å². The Balaban J connectivity index is 1.54. The lowest BCUT2D eigenvalue weighted by molar-refractivity contribution is -0.141. The zero-order valence-electron chi connectivity index (χ0n) is 18.2. The lowest BCUT2D eigenvalue weighted by atomic mass is 10.0. The van der Waals surface area contributed by atoms with Crippen LogP contribution < -0.4 is 4.72 Å². The molecule has 2 aromatic carbocycles. The Morgan fingerprint density at radius 2 is 1.91 bits per heavy atom. The summed E-state index contributed by atoms with van der Waals surface area (Å²) in [4.78, 5) is 24.3. The van der Waals surface area contributed by atoms with Gasteiger partial charge in [-0.25, -0.2) is 8.42 Å². The minimum atomic E-state index is -4.07. The molecule has 10 heteroatoms. The number of carboxylic acids is 1. The first-order chi connectivity index (χ1) is 16.1. The first-order valence-corrected chi connectivity index (χ1v) is 13.1. The van der Waals surface area contributed by atoms with Gasteiger partial charge in [-0.3, -0.25) is 9.59 Å². The number of esters is 1. The lowest BCUT2D eigenvalue weighted by Gasteiger charge is -2.15. The number of ether oxygens (including phenoxy) is 1. The third-order valence-corrected chi connectivity index (χ3v) is 9.22. The highest BCUT2D eigenvalue weighted by atomic mass is 35.5. The highest BCUT2D eigenvalue weighted by molar-refractivity contribution is 7.91. The van der Waals surface area contributed by atoms with E-state index in [0.717, 1.165) is 27.3 Å². The van der Waals surface area contributed by atoms with Crippen molar-refractivity contribution < 1.29 is 27.9 Å². The van der Waals surface area contributed by atoms with Crippen LogP contribution >= 0.6 is 22.9 Å². The zero-order valence-corrected chi connectivity index (χ0v) is 20.5. The molecular formula is C24H22ClNO6S2. The Morgan fingerprint density at radius 1 is 1.18 bits per heavy atom. The standard InChI is InChI=1S/C24H22ClNO6S2/c1-32-21(27)11-5-15-3-2-4-17(13-15)19-14-24(19,23(28)29)26-34(30,31)22-12-10-20(33-22)16-6-8-18(25)9-7-16/h2-4,6-10,12-13,19,26H,5,11,14H2,1H3,(H,28,29). The molecule has 2 N–H and O–H groups in total. The molecular weight excluding hydrogens is 498 g/mol. The number of rotatable bonds is 9. The number of sulfonamides is 1. The Bertz CT molecular complexity index is 1340. The van der Waals surface area contributed by atoms with Gasteiger partial charge in [0.1, 0.15) is 9.75 Å². The largest absolute Gasteiger partial charge is 0.480 e. The molecule has 1 fully saturated rings. The summed E-state index contributed by atoms with van der Waals surface area (Å²) in [5.74, 6) is -2.08. The molecule has 0 saturated heterocycles. The fourth-order valence-electron chi connectivity index (χ4n) is 3.90. The summed E-state index contributed by atoms with van der Waals surface area (Å²) < 4.78 is 33.4. The van der Waals surface area contributed by atoms with E-state index >= 15 is 0 Å². The highest BCUT2D eigenvalue weighted by Gasteiger charge is 2.63. The molecule has 0 spiro atoms. The molecule has 1 aliphatic carbocycles. The van der Waals surface area contributed by atoms with Crippen LogP contribution in [0.4, 0.5) is 0 Å². The first-order valence-electron chi connectivity index (χ1n) is 10.4. The Kier molecular flexibility index (Phi) is 6.82. The molecule has 7 nitrogen and oxygen atoms in total. The summed E-state index contributed by atoms with van der Waals surface area (Å²) in [5.41, 5.74) is 0.754. The highest BCUT2D eigenvalue weighted by Crippen LogP contribution is 2.52. The first kappa shape index (κ1) is 24.4. The van der Waals surface area contributed by atoms with E-state index in [1.165, 1.54) is 13.2 Å².